The van der Waals surface area contributed by atoms with Crippen molar-refractivity contribution < 1.29 is 17.9 Å². The van der Waals surface area contributed by atoms with Gasteiger partial charge < -0.3 is 10.1 Å². The standard InChI is InChI=1S/C20H24N2O4S/c1-4-13-21-27(24,25)19-11-7-17(8-12-19)22-20(23)14-26-18-9-5-16(6-10-18)15(2)3/h4-12,15,21H,1,13-14H2,2-3H3,(H,22,23). The Hall–Kier alpha value is -2.64. The summed E-state index contributed by atoms with van der Waals surface area (Å²) >= 11 is 0. The summed E-state index contributed by atoms with van der Waals surface area (Å²) in [5, 5.41) is 2.67. The number of benzene rings is 2. The van der Waals surface area contributed by atoms with E-state index in [1.165, 1.54) is 35.9 Å². The number of ether oxygens (including phenoxy) is 1. The molecule has 0 fully saturated rings. The zero-order valence-corrected chi connectivity index (χ0v) is 16.3. The largest absolute Gasteiger partial charge is 0.484 e. The highest BCUT2D eigenvalue weighted by Crippen LogP contribution is 2.19. The number of amides is 1. The van der Waals surface area contributed by atoms with Crippen molar-refractivity contribution in [3.8, 4) is 5.75 Å². The molecule has 0 unspecified atom stereocenters. The maximum Gasteiger partial charge on any atom is 0.262 e. The lowest BCUT2D eigenvalue weighted by molar-refractivity contribution is -0.118. The number of rotatable bonds is 9. The fourth-order valence-electron chi connectivity index (χ4n) is 2.26. The van der Waals surface area contributed by atoms with Gasteiger partial charge in [0.25, 0.3) is 5.91 Å². The normalized spacial score (nSPS) is 11.2. The van der Waals surface area contributed by atoms with Crippen molar-refractivity contribution in [1.29, 1.82) is 0 Å². The van der Waals surface area contributed by atoms with Crippen molar-refractivity contribution >= 4 is 21.6 Å². The average molecular weight is 388 g/mol. The van der Waals surface area contributed by atoms with E-state index in [4.69, 9.17) is 4.74 Å². The molecule has 0 aliphatic rings. The summed E-state index contributed by atoms with van der Waals surface area (Å²) in [6, 6.07) is 13.5. The van der Waals surface area contributed by atoms with Gasteiger partial charge in [-0.05, 0) is 47.9 Å². The average Bonchev–Trinajstić information content (AvgIpc) is 2.65. The molecular weight excluding hydrogens is 364 g/mol. The fourth-order valence-corrected chi connectivity index (χ4v) is 3.26. The van der Waals surface area contributed by atoms with Crippen molar-refractivity contribution in [2.45, 2.75) is 24.7 Å². The van der Waals surface area contributed by atoms with E-state index in [9.17, 15) is 13.2 Å². The fraction of sp³-hybridized carbons (Fsp3) is 0.250. The zero-order valence-electron chi connectivity index (χ0n) is 15.4. The van der Waals surface area contributed by atoms with Crippen LogP contribution in [-0.4, -0.2) is 27.5 Å². The molecule has 0 atom stereocenters. The minimum absolute atomic E-state index is 0.115. The summed E-state index contributed by atoms with van der Waals surface area (Å²) in [5.74, 6) is 0.716. The third-order valence-electron chi connectivity index (χ3n) is 3.78. The Morgan fingerprint density at radius 3 is 2.30 bits per heavy atom. The van der Waals surface area contributed by atoms with Crippen molar-refractivity contribution in [3.05, 3.63) is 66.7 Å². The lowest BCUT2D eigenvalue weighted by Gasteiger charge is -2.10. The predicted octanol–water partition coefficient (Wildman–Crippen LogP) is 3.29. The SMILES string of the molecule is C=CCNS(=O)(=O)c1ccc(NC(=O)COc2ccc(C(C)C)cc2)cc1. The highest BCUT2D eigenvalue weighted by atomic mass is 32.2. The van der Waals surface area contributed by atoms with Gasteiger partial charge in [0, 0.05) is 12.2 Å². The van der Waals surface area contributed by atoms with Crippen molar-refractivity contribution in [3.63, 3.8) is 0 Å². The lowest BCUT2D eigenvalue weighted by Crippen LogP contribution is -2.23. The van der Waals surface area contributed by atoms with Gasteiger partial charge >= 0.3 is 0 Å². The van der Waals surface area contributed by atoms with Gasteiger partial charge in [0.15, 0.2) is 6.61 Å². The van der Waals surface area contributed by atoms with Crippen LogP contribution in [0.15, 0.2) is 66.1 Å². The van der Waals surface area contributed by atoms with Crippen molar-refractivity contribution in [2.24, 2.45) is 0 Å². The molecule has 0 aromatic heterocycles. The number of carbonyl (C=O) groups excluding carboxylic acids is 1. The summed E-state index contributed by atoms with van der Waals surface area (Å²) in [7, 11) is -3.58. The minimum Gasteiger partial charge on any atom is -0.484 e. The van der Waals surface area contributed by atoms with Crippen LogP contribution in [0.2, 0.25) is 0 Å². The summed E-state index contributed by atoms with van der Waals surface area (Å²) in [6.45, 7) is 7.69. The van der Waals surface area contributed by atoms with Gasteiger partial charge in [-0.15, -0.1) is 6.58 Å². The third-order valence-corrected chi connectivity index (χ3v) is 5.22. The number of carbonyl (C=O) groups is 1. The second-order valence-electron chi connectivity index (χ2n) is 6.23. The molecule has 27 heavy (non-hydrogen) atoms. The maximum atomic E-state index is 12.0. The van der Waals surface area contributed by atoms with E-state index in [0.29, 0.717) is 17.4 Å². The van der Waals surface area contributed by atoms with E-state index in [1.807, 2.05) is 24.3 Å². The summed E-state index contributed by atoms with van der Waals surface area (Å²) in [6.07, 6.45) is 1.46. The number of hydrogen-bond donors (Lipinski definition) is 2. The van der Waals surface area contributed by atoms with Crippen molar-refractivity contribution in [1.82, 2.24) is 4.72 Å². The van der Waals surface area contributed by atoms with Crippen LogP contribution < -0.4 is 14.8 Å². The van der Waals surface area contributed by atoms with Crippen LogP contribution in [0.5, 0.6) is 5.75 Å². The zero-order chi connectivity index (χ0) is 19.9. The second kappa shape index (κ2) is 9.34. The minimum atomic E-state index is -3.58. The Morgan fingerprint density at radius 2 is 1.74 bits per heavy atom. The van der Waals surface area contributed by atoms with Crippen LogP contribution in [0, 0.1) is 0 Å². The van der Waals surface area contributed by atoms with Crippen LogP contribution in [0.25, 0.3) is 0 Å². The first-order chi connectivity index (χ1) is 12.8. The summed E-state index contributed by atoms with van der Waals surface area (Å²) < 4.78 is 31.8. The van der Waals surface area contributed by atoms with E-state index < -0.39 is 10.0 Å². The topological polar surface area (TPSA) is 84.5 Å². The molecule has 1 amide bonds. The molecule has 2 N–H and O–H groups in total. The molecule has 2 aromatic rings. The highest BCUT2D eigenvalue weighted by molar-refractivity contribution is 7.89. The van der Waals surface area contributed by atoms with Gasteiger partial charge in [-0.1, -0.05) is 32.1 Å². The first-order valence-electron chi connectivity index (χ1n) is 8.55. The molecule has 0 radical (unpaired) electrons. The van der Waals surface area contributed by atoms with Crippen LogP contribution in [0.3, 0.4) is 0 Å². The van der Waals surface area contributed by atoms with Crippen LogP contribution in [0.1, 0.15) is 25.3 Å². The molecule has 0 aliphatic heterocycles. The first kappa shape index (κ1) is 20.7. The molecule has 6 nitrogen and oxygen atoms in total. The van der Waals surface area contributed by atoms with E-state index in [2.05, 4.69) is 30.5 Å². The van der Waals surface area contributed by atoms with Crippen LogP contribution in [0.4, 0.5) is 5.69 Å². The smallest absolute Gasteiger partial charge is 0.262 e. The van der Waals surface area contributed by atoms with E-state index in [1.54, 1.807) is 0 Å². The Labute approximate surface area is 160 Å². The molecule has 2 aromatic carbocycles. The molecule has 0 saturated heterocycles. The van der Waals surface area contributed by atoms with Crippen LogP contribution >= 0.6 is 0 Å². The number of sulfonamides is 1. The van der Waals surface area contributed by atoms with E-state index in [0.717, 1.165) is 0 Å². The molecule has 0 heterocycles. The molecule has 0 aliphatic carbocycles. The first-order valence-corrected chi connectivity index (χ1v) is 10.0. The van der Waals surface area contributed by atoms with Crippen LogP contribution in [-0.2, 0) is 14.8 Å². The predicted molar refractivity (Wildman–Crippen MR) is 106 cm³/mol. The van der Waals surface area contributed by atoms with Gasteiger partial charge in [-0.3, -0.25) is 4.79 Å². The summed E-state index contributed by atoms with van der Waals surface area (Å²) in [5.41, 5.74) is 1.69. The summed E-state index contributed by atoms with van der Waals surface area (Å²) in [4.78, 5) is 12.1. The molecule has 0 spiro atoms. The van der Waals surface area contributed by atoms with Gasteiger partial charge in [0.1, 0.15) is 5.75 Å². The van der Waals surface area contributed by atoms with Gasteiger partial charge in [0.2, 0.25) is 10.0 Å². The molecule has 144 valence electrons. The molecule has 2 rings (SSSR count). The molecular formula is C20H24N2O4S. The lowest BCUT2D eigenvalue weighted by atomic mass is 10.0. The van der Waals surface area contributed by atoms with E-state index >= 15 is 0 Å². The van der Waals surface area contributed by atoms with E-state index in [-0.39, 0.29) is 24.0 Å². The Kier molecular flexibility index (Phi) is 7.15. The number of nitrogens with one attached hydrogen (secondary N) is 2. The Morgan fingerprint density at radius 1 is 1.11 bits per heavy atom. The Balaban J connectivity index is 1.89. The number of anilines is 1. The molecule has 0 saturated carbocycles. The number of hydrogen-bond acceptors (Lipinski definition) is 4. The Bertz CT molecular complexity index is 873. The molecule has 7 heteroatoms. The van der Waals surface area contributed by atoms with Gasteiger partial charge in [-0.25, -0.2) is 13.1 Å². The van der Waals surface area contributed by atoms with Crippen molar-refractivity contribution in [2.75, 3.05) is 18.5 Å². The third kappa shape index (κ3) is 6.23. The quantitative estimate of drug-likeness (QED) is 0.646. The highest BCUT2D eigenvalue weighted by Gasteiger charge is 2.12. The second-order valence-corrected chi connectivity index (χ2v) is 7.99. The molecule has 0 bridgehead atoms. The monoisotopic (exact) mass is 388 g/mol. The van der Waals surface area contributed by atoms with Gasteiger partial charge in [0.05, 0.1) is 4.90 Å². The maximum absolute atomic E-state index is 12.0. The van der Waals surface area contributed by atoms with Gasteiger partial charge in [-0.2, -0.15) is 0 Å².